The summed E-state index contributed by atoms with van der Waals surface area (Å²) in [5, 5.41) is 3.60. The first-order valence-corrected chi connectivity index (χ1v) is 7.06. The predicted molar refractivity (Wildman–Crippen MR) is 82.0 cm³/mol. The van der Waals surface area contributed by atoms with Crippen molar-refractivity contribution >= 4 is 17.8 Å². The molecule has 7 heteroatoms. The maximum atomic E-state index is 11.6. The van der Waals surface area contributed by atoms with Gasteiger partial charge in [-0.05, 0) is 12.0 Å². The first kappa shape index (κ1) is 15.8. The van der Waals surface area contributed by atoms with Gasteiger partial charge in [-0.15, -0.1) is 0 Å². The van der Waals surface area contributed by atoms with Crippen molar-refractivity contribution in [1.29, 1.82) is 0 Å². The predicted octanol–water partition coefficient (Wildman–Crippen LogP) is 1.13. The molecule has 118 valence electrons. The fourth-order valence-electron chi connectivity index (χ4n) is 2.10. The number of amides is 2. The van der Waals surface area contributed by atoms with Crippen LogP contribution in [0.2, 0.25) is 0 Å². The van der Waals surface area contributed by atoms with E-state index in [1.54, 1.807) is 26.2 Å². The molecule has 1 aromatic rings. The molecule has 1 aliphatic heterocycles. The van der Waals surface area contributed by atoms with Gasteiger partial charge in [-0.25, -0.2) is 4.79 Å². The van der Waals surface area contributed by atoms with Crippen molar-refractivity contribution in [2.45, 2.75) is 19.4 Å². The Balaban J connectivity index is 1.97. The minimum absolute atomic E-state index is 0.124. The van der Waals surface area contributed by atoms with Gasteiger partial charge in [0.25, 0.3) is 0 Å². The van der Waals surface area contributed by atoms with Gasteiger partial charge in [-0.1, -0.05) is 29.4 Å². The van der Waals surface area contributed by atoms with Crippen molar-refractivity contribution in [2.75, 3.05) is 20.6 Å². The minimum atomic E-state index is -0.591. The average Bonchev–Trinajstić information content (AvgIpc) is 2.90. The summed E-state index contributed by atoms with van der Waals surface area (Å²) in [4.78, 5) is 30.6. The maximum Gasteiger partial charge on any atom is 0.435 e. The van der Waals surface area contributed by atoms with Crippen LogP contribution in [0.25, 0.3) is 0 Å². The van der Waals surface area contributed by atoms with Crippen LogP contribution >= 0.6 is 0 Å². The number of likely N-dealkylation sites (tertiary alicyclic amines) is 1. The van der Waals surface area contributed by atoms with E-state index in [1.807, 2.05) is 17.0 Å². The molecule has 1 aliphatic rings. The lowest BCUT2D eigenvalue weighted by atomic mass is 10.1. The van der Waals surface area contributed by atoms with E-state index in [1.165, 1.54) is 4.90 Å². The van der Waals surface area contributed by atoms with Gasteiger partial charge in [0.2, 0.25) is 5.91 Å². The number of benzene rings is 1. The van der Waals surface area contributed by atoms with E-state index in [2.05, 4.69) is 9.99 Å². The highest BCUT2D eigenvalue weighted by atomic mass is 16.7. The zero-order chi connectivity index (χ0) is 16.1. The Labute approximate surface area is 129 Å². The summed E-state index contributed by atoms with van der Waals surface area (Å²) in [6, 6.07) is 7.35. The zero-order valence-corrected chi connectivity index (χ0v) is 12.8. The van der Waals surface area contributed by atoms with Crippen molar-refractivity contribution in [3.05, 3.63) is 35.4 Å². The van der Waals surface area contributed by atoms with Crippen LogP contribution in [0, 0.1) is 0 Å². The molecule has 0 aromatic heterocycles. The second-order valence-corrected chi connectivity index (χ2v) is 5.34. The molecule has 0 radical (unpaired) electrons. The van der Waals surface area contributed by atoms with Crippen molar-refractivity contribution in [2.24, 2.45) is 10.9 Å². The van der Waals surface area contributed by atoms with Crippen LogP contribution in [-0.4, -0.2) is 48.3 Å². The molecular weight excluding hydrogens is 284 g/mol. The molecular formula is C15H20N4O3. The molecule has 1 saturated heterocycles. The Morgan fingerprint density at radius 1 is 1.36 bits per heavy atom. The summed E-state index contributed by atoms with van der Waals surface area (Å²) in [6.45, 7) is 1.41. The third kappa shape index (κ3) is 3.97. The van der Waals surface area contributed by atoms with E-state index in [0.29, 0.717) is 18.5 Å². The highest BCUT2D eigenvalue weighted by Gasteiger charge is 2.19. The Kier molecular flexibility index (Phi) is 4.98. The number of hydrogen-bond donors (Lipinski definition) is 1. The van der Waals surface area contributed by atoms with Crippen LogP contribution in [0.1, 0.15) is 24.0 Å². The van der Waals surface area contributed by atoms with Crippen molar-refractivity contribution in [3.63, 3.8) is 0 Å². The van der Waals surface area contributed by atoms with E-state index in [9.17, 15) is 9.59 Å². The van der Waals surface area contributed by atoms with Gasteiger partial charge in [-0.3, -0.25) is 9.63 Å². The summed E-state index contributed by atoms with van der Waals surface area (Å²) < 4.78 is 0. The molecule has 1 fully saturated rings. The second-order valence-electron chi connectivity index (χ2n) is 5.34. The normalized spacial score (nSPS) is 15.1. The third-order valence-electron chi connectivity index (χ3n) is 3.38. The summed E-state index contributed by atoms with van der Waals surface area (Å²) in [7, 11) is 3.12. The lowest BCUT2D eigenvalue weighted by molar-refractivity contribution is -0.128. The molecule has 1 aromatic carbocycles. The van der Waals surface area contributed by atoms with Crippen LogP contribution in [0.4, 0.5) is 4.79 Å². The number of carbonyl (C=O) groups is 2. The maximum absolute atomic E-state index is 11.6. The van der Waals surface area contributed by atoms with Gasteiger partial charge in [0.1, 0.15) is 0 Å². The van der Waals surface area contributed by atoms with Crippen LogP contribution in [-0.2, 0) is 16.2 Å². The molecule has 0 aliphatic carbocycles. The minimum Gasteiger partial charge on any atom is -0.380 e. The number of carbonyl (C=O) groups excluding carboxylic acids is 2. The van der Waals surface area contributed by atoms with Gasteiger partial charge in [-0.2, -0.15) is 0 Å². The Hall–Kier alpha value is -2.57. The molecule has 22 heavy (non-hydrogen) atoms. The fraction of sp³-hybridized carbons (Fsp3) is 0.400. The quantitative estimate of drug-likeness (QED) is 0.391. The fourth-order valence-corrected chi connectivity index (χ4v) is 2.10. The Bertz CT molecular complexity index is 581. The van der Waals surface area contributed by atoms with Crippen LogP contribution in [0.5, 0.6) is 0 Å². The lowest BCUT2D eigenvalue weighted by Crippen LogP contribution is -2.24. The standard InChI is InChI=1S/C15H20N4O3/c1-18(2)15(21)22-17-14(16)12-7-5-11(6-8-12)10-19-9-3-4-13(19)20/h5-8H,3-4,9-10H2,1-2H3,(H2,16,17). The molecule has 2 N–H and O–H groups in total. The SMILES string of the molecule is CN(C)C(=O)O/N=C(/N)c1ccc(CN2CCCC2=O)cc1. The van der Waals surface area contributed by atoms with Crippen LogP contribution < -0.4 is 5.73 Å². The van der Waals surface area contributed by atoms with E-state index in [-0.39, 0.29) is 11.7 Å². The summed E-state index contributed by atoms with van der Waals surface area (Å²) in [6.07, 6.45) is 0.968. The van der Waals surface area contributed by atoms with Gasteiger partial charge >= 0.3 is 6.09 Å². The molecule has 0 bridgehead atoms. The molecule has 0 unspecified atom stereocenters. The van der Waals surface area contributed by atoms with Crippen molar-refractivity contribution < 1.29 is 14.4 Å². The number of nitrogens with zero attached hydrogens (tertiary/aromatic N) is 3. The van der Waals surface area contributed by atoms with Crippen molar-refractivity contribution in [1.82, 2.24) is 9.80 Å². The van der Waals surface area contributed by atoms with E-state index >= 15 is 0 Å². The van der Waals surface area contributed by atoms with Crippen LogP contribution in [0.3, 0.4) is 0 Å². The first-order valence-electron chi connectivity index (χ1n) is 7.06. The number of hydrogen-bond acceptors (Lipinski definition) is 4. The summed E-state index contributed by atoms with van der Waals surface area (Å²) in [5.41, 5.74) is 7.45. The summed E-state index contributed by atoms with van der Waals surface area (Å²) >= 11 is 0. The van der Waals surface area contributed by atoms with Gasteiger partial charge in [0.15, 0.2) is 5.84 Å². The number of rotatable bonds is 4. The van der Waals surface area contributed by atoms with E-state index in [4.69, 9.17) is 5.73 Å². The molecule has 0 atom stereocenters. The van der Waals surface area contributed by atoms with E-state index in [0.717, 1.165) is 18.5 Å². The molecule has 2 rings (SSSR count). The molecule has 0 spiro atoms. The second kappa shape index (κ2) is 6.93. The number of oxime groups is 1. The topological polar surface area (TPSA) is 88.2 Å². The molecule has 0 saturated carbocycles. The largest absolute Gasteiger partial charge is 0.435 e. The lowest BCUT2D eigenvalue weighted by Gasteiger charge is -2.15. The number of amidine groups is 1. The monoisotopic (exact) mass is 304 g/mol. The van der Waals surface area contributed by atoms with Crippen molar-refractivity contribution in [3.8, 4) is 0 Å². The van der Waals surface area contributed by atoms with E-state index < -0.39 is 6.09 Å². The first-order chi connectivity index (χ1) is 10.5. The van der Waals surface area contributed by atoms with Gasteiger partial charge < -0.3 is 15.5 Å². The smallest absolute Gasteiger partial charge is 0.380 e. The summed E-state index contributed by atoms with van der Waals surface area (Å²) in [5.74, 6) is 0.319. The third-order valence-corrected chi connectivity index (χ3v) is 3.38. The molecule has 7 nitrogen and oxygen atoms in total. The molecule has 2 amide bonds. The Morgan fingerprint density at radius 3 is 2.59 bits per heavy atom. The molecule has 1 heterocycles. The number of nitrogens with two attached hydrogens (primary N) is 1. The zero-order valence-electron chi connectivity index (χ0n) is 12.8. The highest BCUT2D eigenvalue weighted by molar-refractivity contribution is 5.97. The van der Waals surface area contributed by atoms with Crippen LogP contribution in [0.15, 0.2) is 29.4 Å². The highest BCUT2D eigenvalue weighted by Crippen LogP contribution is 2.14. The average molecular weight is 304 g/mol. The van der Waals surface area contributed by atoms with Gasteiger partial charge in [0, 0.05) is 39.2 Å². The Morgan fingerprint density at radius 2 is 2.05 bits per heavy atom. The van der Waals surface area contributed by atoms with Gasteiger partial charge in [0.05, 0.1) is 0 Å².